The molecule has 3 N–H and O–H groups in total. The minimum Gasteiger partial charge on any atom is -0.481 e. The Morgan fingerprint density at radius 3 is 2.15 bits per heavy atom. The molecule has 40 heavy (non-hydrogen) atoms. The van der Waals surface area contributed by atoms with E-state index >= 15 is 0 Å². The number of benzene rings is 3. The molecule has 206 valence electrons. The lowest BCUT2D eigenvalue weighted by Gasteiger charge is -2.18. The molecular formula is C30H27Cl2N3O5. The molecule has 0 radical (unpaired) electrons. The van der Waals surface area contributed by atoms with Crippen molar-refractivity contribution in [2.24, 2.45) is 5.92 Å². The van der Waals surface area contributed by atoms with Crippen LogP contribution in [0.3, 0.4) is 0 Å². The fraction of sp³-hybridized carbons (Fsp3) is 0.267. The predicted octanol–water partition coefficient (Wildman–Crippen LogP) is 5.41. The van der Waals surface area contributed by atoms with Crippen LogP contribution in [0.25, 0.3) is 0 Å². The van der Waals surface area contributed by atoms with Crippen LogP contribution in [0.2, 0.25) is 10.0 Å². The van der Waals surface area contributed by atoms with Crippen molar-refractivity contribution in [2.45, 2.75) is 38.4 Å². The van der Waals surface area contributed by atoms with E-state index < -0.39 is 30.1 Å². The normalized spacial score (nSPS) is 16.1. The van der Waals surface area contributed by atoms with Gasteiger partial charge in [-0.05, 0) is 47.2 Å². The monoisotopic (exact) mass is 579 g/mol. The van der Waals surface area contributed by atoms with E-state index in [2.05, 4.69) is 10.6 Å². The summed E-state index contributed by atoms with van der Waals surface area (Å²) >= 11 is 12.8. The zero-order chi connectivity index (χ0) is 28.4. The molecule has 2 unspecified atom stereocenters. The fourth-order valence-electron chi connectivity index (χ4n) is 5.33. The van der Waals surface area contributed by atoms with Gasteiger partial charge in [0.1, 0.15) is 0 Å². The molecule has 1 heterocycles. The summed E-state index contributed by atoms with van der Waals surface area (Å²) in [6.45, 7) is 0.653. The summed E-state index contributed by atoms with van der Waals surface area (Å²) in [6.07, 6.45) is 1.18. The van der Waals surface area contributed by atoms with Gasteiger partial charge in [-0.1, -0.05) is 71.7 Å². The Morgan fingerprint density at radius 1 is 0.925 bits per heavy atom. The van der Waals surface area contributed by atoms with E-state index in [0.29, 0.717) is 13.1 Å². The topological polar surface area (TPSA) is 116 Å². The van der Waals surface area contributed by atoms with Gasteiger partial charge < -0.3 is 20.6 Å². The summed E-state index contributed by atoms with van der Waals surface area (Å²) < 4.78 is 0. The maximum absolute atomic E-state index is 13.1. The third-order valence-corrected chi connectivity index (χ3v) is 8.02. The molecule has 0 saturated carbocycles. The van der Waals surface area contributed by atoms with Gasteiger partial charge in [0.2, 0.25) is 0 Å². The molecule has 3 aromatic rings. The number of Topliss-reactive ketones (excluding diaryl/α,β-unsaturated/α-hetero) is 1. The van der Waals surface area contributed by atoms with Crippen molar-refractivity contribution in [3.8, 4) is 0 Å². The lowest BCUT2D eigenvalue weighted by Crippen LogP contribution is -2.41. The molecule has 2 atom stereocenters. The summed E-state index contributed by atoms with van der Waals surface area (Å²) in [4.78, 5) is 52.3. The number of nitrogens with zero attached hydrogens (tertiary/aromatic N) is 1. The van der Waals surface area contributed by atoms with Gasteiger partial charge in [0, 0.05) is 31.6 Å². The highest BCUT2D eigenvalue weighted by Crippen LogP contribution is 2.32. The number of rotatable bonds is 8. The molecule has 0 aromatic heterocycles. The van der Waals surface area contributed by atoms with E-state index in [0.717, 1.165) is 29.5 Å². The average Bonchev–Trinajstić information content (AvgIpc) is 3.54. The Bertz CT molecular complexity index is 1460. The predicted molar refractivity (Wildman–Crippen MR) is 151 cm³/mol. The number of hydrogen-bond acceptors (Lipinski definition) is 4. The van der Waals surface area contributed by atoms with Crippen LogP contribution < -0.4 is 10.6 Å². The second kappa shape index (κ2) is 11.7. The number of halogens is 2. The van der Waals surface area contributed by atoms with Gasteiger partial charge in [-0.3, -0.25) is 14.4 Å². The summed E-state index contributed by atoms with van der Waals surface area (Å²) in [5.41, 5.74) is 4.53. The maximum atomic E-state index is 13.1. The van der Waals surface area contributed by atoms with Crippen molar-refractivity contribution >= 4 is 46.9 Å². The third kappa shape index (κ3) is 5.83. The maximum Gasteiger partial charge on any atom is 0.315 e. The number of hydrogen-bond donors (Lipinski definition) is 3. The van der Waals surface area contributed by atoms with Crippen LogP contribution in [-0.4, -0.2) is 40.2 Å². The third-order valence-electron chi connectivity index (χ3n) is 7.42. The van der Waals surface area contributed by atoms with E-state index in [1.54, 1.807) is 4.90 Å². The number of carboxylic acid groups (broad SMARTS) is 1. The molecule has 1 aliphatic carbocycles. The second-order valence-corrected chi connectivity index (χ2v) is 10.9. The van der Waals surface area contributed by atoms with Gasteiger partial charge >= 0.3 is 12.0 Å². The molecule has 8 nitrogen and oxygen atoms in total. The minimum absolute atomic E-state index is 0.0349. The van der Waals surface area contributed by atoms with Crippen LogP contribution in [0.4, 0.5) is 4.79 Å². The van der Waals surface area contributed by atoms with Gasteiger partial charge in [0.25, 0.3) is 5.91 Å². The molecule has 1 aliphatic heterocycles. The summed E-state index contributed by atoms with van der Waals surface area (Å²) in [5, 5.41) is 15.1. The lowest BCUT2D eigenvalue weighted by atomic mass is 9.97. The number of nitrogens with one attached hydrogen (secondary N) is 2. The lowest BCUT2D eigenvalue weighted by molar-refractivity contribution is -0.141. The quantitative estimate of drug-likeness (QED) is 0.308. The van der Waals surface area contributed by atoms with Gasteiger partial charge in [0.05, 0.1) is 27.6 Å². The van der Waals surface area contributed by atoms with E-state index in [-0.39, 0.29) is 39.7 Å². The van der Waals surface area contributed by atoms with Crippen LogP contribution in [0.5, 0.6) is 0 Å². The summed E-state index contributed by atoms with van der Waals surface area (Å²) in [5.74, 6) is -3.32. The van der Waals surface area contributed by atoms with E-state index in [4.69, 9.17) is 23.2 Å². The van der Waals surface area contributed by atoms with Crippen molar-refractivity contribution in [1.29, 1.82) is 0 Å². The van der Waals surface area contributed by atoms with Crippen LogP contribution in [-0.2, 0) is 24.3 Å². The summed E-state index contributed by atoms with van der Waals surface area (Å²) in [6, 6.07) is 17.7. The summed E-state index contributed by atoms with van der Waals surface area (Å²) in [7, 11) is 0. The number of aliphatic carboxylic acids is 1. The molecule has 5 rings (SSSR count). The van der Waals surface area contributed by atoms with Crippen molar-refractivity contribution in [2.75, 3.05) is 6.54 Å². The highest BCUT2D eigenvalue weighted by Gasteiger charge is 2.29. The smallest absolute Gasteiger partial charge is 0.315 e. The molecule has 0 spiro atoms. The molecule has 3 aromatic carbocycles. The Kier molecular flexibility index (Phi) is 8.09. The zero-order valence-electron chi connectivity index (χ0n) is 21.5. The molecular weight excluding hydrogens is 553 g/mol. The number of carbonyl (C=O) groups excluding carboxylic acids is 3. The number of amides is 3. The highest BCUT2D eigenvalue weighted by atomic mass is 35.5. The van der Waals surface area contributed by atoms with Crippen LogP contribution in [0.15, 0.2) is 60.7 Å². The first-order valence-electron chi connectivity index (χ1n) is 12.9. The first-order chi connectivity index (χ1) is 19.2. The average molecular weight is 580 g/mol. The molecule has 0 fully saturated rings. The zero-order valence-corrected chi connectivity index (χ0v) is 23.0. The molecule has 10 heteroatoms. The van der Waals surface area contributed by atoms with Crippen molar-refractivity contribution in [3.63, 3.8) is 0 Å². The van der Waals surface area contributed by atoms with Crippen LogP contribution in [0, 0.1) is 5.92 Å². The van der Waals surface area contributed by atoms with E-state index in [9.17, 15) is 24.3 Å². The Balaban J connectivity index is 1.20. The number of carbonyl (C=O) groups is 4. The first-order valence-corrected chi connectivity index (χ1v) is 13.7. The van der Waals surface area contributed by atoms with Gasteiger partial charge in [-0.15, -0.1) is 0 Å². The number of carboxylic acids is 1. The van der Waals surface area contributed by atoms with E-state index in [1.807, 2.05) is 48.5 Å². The van der Waals surface area contributed by atoms with Crippen LogP contribution in [0.1, 0.15) is 61.9 Å². The highest BCUT2D eigenvalue weighted by molar-refractivity contribution is 6.40. The standard InChI is InChI=1S/C30H27Cl2N3O5/c31-23-11-20(28(37)35-15-18-6-1-2-7-19(18)16-35)12-24(32)27(23)26(36)13-21(29(38)39)14-33-30(40)34-25-10-9-17-5-3-4-8-22(17)25/h1-8,11-12,21,25H,9-10,13-16H2,(H,38,39)(H2,33,34,40). The van der Waals surface area contributed by atoms with Crippen molar-refractivity contribution in [3.05, 3.63) is 104 Å². The van der Waals surface area contributed by atoms with Gasteiger partial charge in [0.15, 0.2) is 5.78 Å². The van der Waals surface area contributed by atoms with Crippen LogP contribution >= 0.6 is 23.2 Å². The largest absolute Gasteiger partial charge is 0.481 e. The number of ketones is 1. The van der Waals surface area contributed by atoms with Crippen molar-refractivity contribution < 1.29 is 24.3 Å². The molecule has 0 saturated heterocycles. The molecule has 3 amide bonds. The first kappa shape index (κ1) is 27.7. The number of aryl methyl sites for hydroxylation is 1. The Labute approximate surface area is 241 Å². The number of urea groups is 1. The van der Waals surface area contributed by atoms with Gasteiger partial charge in [-0.25, -0.2) is 4.79 Å². The molecule has 0 bridgehead atoms. The Morgan fingerprint density at radius 2 is 1.52 bits per heavy atom. The van der Waals surface area contributed by atoms with E-state index in [1.165, 1.54) is 17.7 Å². The van der Waals surface area contributed by atoms with Gasteiger partial charge in [-0.2, -0.15) is 0 Å². The van der Waals surface area contributed by atoms with Crippen molar-refractivity contribution in [1.82, 2.24) is 15.5 Å². The SMILES string of the molecule is O=C(NCC(CC(=O)c1c(Cl)cc(C(=O)N2Cc3ccccc3C2)cc1Cl)C(=O)O)NC1CCc2ccccc21. The fourth-order valence-corrected chi connectivity index (χ4v) is 6.03. The minimum atomic E-state index is -1.24. The Hall–Kier alpha value is -3.88. The second-order valence-electron chi connectivity index (χ2n) is 10.1. The molecule has 2 aliphatic rings. The number of fused-ring (bicyclic) bond motifs is 2.